The zero-order valence-corrected chi connectivity index (χ0v) is 12.6. The molecule has 0 aliphatic rings. The lowest BCUT2D eigenvalue weighted by Gasteiger charge is -1.96. The molecule has 10 nitrogen and oxygen atoms in total. The van der Waals surface area contributed by atoms with Crippen LogP contribution in [0.3, 0.4) is 0 Å². The molecule has 0 saturated heterocycles. The second kappa shape index (κ2) is 6.34. The van der Waals surface area contributed by atoms with Crippen LogP contribution in [-0.4, -0.2) is 36.6 Å². The molecule has 2 heterocycles. The highest BCUT2D eigenvalue weighted by Gasteiger charge is 2.25. The summed E-state index contributed by atoms with van der Waals surface area (Å²) in [7, 11) is 1.43. The number of rotatable bonds is 5. The highest BCUT2D eigenvalue weighted by molar-refractivity contribution is 5.96. The van der Waals surface area contributed by atoms with E-state index in [1.165, 1.54) is 11.7 Å². The van der Waals surface area contributed by atoms with E-state index in [1.54, 1.807) is 13.8 Å². The molecule has 122 valence electrons. The largest absolute Gasteiger partial charge is 0.320 e. The fourth-order valence-corrected chi connectivity index (χ4v) is 1.87. The van der Waals surface area contributed by atoms with Crippen LogP contribution in [0, 0.1) is 23.0 Å². The first-order valence-corrected chi connectivity index (χ1v) is 6.59. The normalized spacial score (nSPS) is 11.1. The van der Waals surface area contributed by atoms with E-state index < -0.39 is 22.5 Å². The van der Waals surface area contributed by atoms with Gasteiger partial charge >= 0.3 is 5.69 Å². The zero-order valence-electron chi connectivity index (χ0n) is 12.6. The lowest BCUT2D eigenvalue weighted by molar-refractivity contribution is -0.385. The van der Waals surface area contributed by atoms with Crippen LogP contribution in [0.5, 0.6) is 0 Å². The van der Waals surface area contributed by atoms with Crippen LogP contribution in [0.4, 0.5) is 10.1 Å². The Kier molecular flexibility index (Phi) is 4.48. The third-order valence-electron chi connectivity index (χ3n) is 3.03. The molecule has 0 spiro atoms. The van der Waals surface area contributed by atoms with Gasteiger partial charge in [0, 0.05) is 13.6 Å². The number of nitrogens with one attached hydrogen (secondary N) is 1. The van der Waals surface area contributed by atoms with E-state index in [0.717, 1.165) is 17.1 Å². The van der Waals surface area contributed by atoms with E-state index in [0.29, 0.717) is 12.2 Å². The van der Waals surface area contributed by atoms with Crippen LogP contribution in [0.15, 0.2) is 11.3 Å². The van der Waals surface area contributed by atoms with Crippen molar-refractivity contribution in [2.24, 2.45) is 12.1 Å². The van der Waals surface area contributed by atoms with Gasteiger partial charge in [0.1, 0.15) is 6.20 Å². The second-order valence-corrected chi connectivity index (χ2v) is 4.59. The summed E-state index contributed by atoms with van der Waals surface area (Å²) >= 11 is 0. The summed E-state index contributed by atoms with van der Waals surface area (Å²) in [6.07, 6.45) is 2.24. The Balaban J connectivity index is 2.18. The van der Waals surface area contributed by atoms with Crippen LogP contribution in [-0.2, 0) is 13.6 Å². The monoisotopic (exact) mass is 323 g/mol. The number of hydrazone groups is 1. The zero-order chi connectivity index (χ0) is 17.1. The number of carbonyl (C=O) groups excluding carboxylic acids is 1. The summed E-state index contributed by atoms with van der Waals surface area (Å²) in [6, 6.07) is 0. The fourth-order valence-electron chi connectivity index (χ4n) is 1.87. The van der Waals surface area contributed by atoms with Gasteiger partial charge < -0.3 is 0 Å². The summed E-state index contributed by atoms with van der Waals surface area (Å²) in [6.45, 7) is 3.68. The molecule has 0 saturated carbocycles. The molecule has 2 aromatic rings. The van der Waals surface area contributed by atoms with Gasteiger partial charge in [0.05, 0.1) is 22.4 Å². The van der Waals surface area contributed by atoms with E-state index in [-0.39, 0.29) is 11.3 Å². The molecule has 0 aliphatic carbocycles. The number of nitro groups is 1. The van der Waals surface area contributed by atoms with Crippen LogP contribution in [0.1, 0.15) is 28.7 Å². The van der Waals surface area contributed by atoms with Crippen LogP contribution >= 0.6 is 0 Å². The molecule has 0 radical (unpaired) electrons. The maximum atomic E-state index is 13.7. The number of carbonyl (C=O) groups is 1. The van der Waals surface area contributed by atoms with Gasteiger partial charge in [0.2, 0.25) is 11.6 Å². The molecule has 1 N–H and O–H groups in total. The molecule has 0 bridgehead atoms. The van der Waals surface area contributed by atoms with Crippen molar-refractivity contribution in [2.45, 2.75) is 20.4 Å². The minimum absolute atomic E-state index is 0.112. The lowest BCUT2D eigenvalue weighted by Crippen LogP contribution is -2.19. The Morgan fingerprint density at radius 1 is 1.57 bits per heavy atom. The van der Waals surface area contributed by atoms with Crippen molar-refractivity contribution >= 4 is 17.8 Å². The first-order chi connectivity index (χ1) is 10.8. The fraction of sp³-hybridized carbons (Fsp3) is 0.333. The molecule has 0 fully saturated rings. The lowest BCUT2D eigenvalue weighted by atomic mass is 10.3. The predicted octanol–water partition coefficient (Wildman–Crippen LogP) is 0.756. The number of amides is 1. The van der Waals surface area contributed by atoms with E-state index in [2.05, 4.69) is 20.7 Å². The van der Waals surface area contributed by atoms with Crippen LogP contribution in [0.2, 0.25) is 0 Å². The van der Waals surface area contributed by atoms with E-state index in [9.17, 15) is 19.3 Å². The van der Waals surface area contributed by atoms with E-state index >= 15 is 0 Å². The summed E-state index contributed by atoms with van der Waals surface area (Å²) < 4.78 is 16.0. The maximum Gasteiger partial charge on any atom is 0.320 e. The third kappa shape index (κ3) is 3.22. The number of hydrogen-bond acceptors (Lipinski definition) is 6. The predicted molar refractivity (Wildman–Crippen MR) is 77.5 cm³/mol. The average Bonchev–Trinajstić information content (AvgIpc) is 3.03. The Morgan fingerprint density at radius 2 is 2.26 bits per heavy atom. The molecule has 2 aromatic heterocycles. The summed E-state index contributed by atoms with van der Waals surface area (Å²) in [4.78, 5) is 22.2. The highest BCUT2D eigenvalue weighted by Crippen LogP contribution is 2.16. The van der Waals surface area contributed by atoms with E-state index in [1.807, 2.05) is 0 Å². The molecule has 0 aliphatic heterocycles. The first-order valence-electron chi connectivity index (χ1n) is 6.59. The molecule has 1 amide bonds. The van der Waals surface area contributed by atoms with E-state index in [4.69, 9.17) is 0 Å². The molecular weight excluding hydrogens is 309 g/mol. The standard InChI is InChI=1S/C12H14FN7O3/c1-4-19-6-9(20(22)23)10(17-19)12(21)15-14-5-8-7(2)16-18(3)11(8)13/h5-6H,4H2,1-3H3,(H,15,21)/b14-5-. The number of aryl methyl sites for hydroxylation is 3. The Morgan fingerprint density at radius 3 is 2.78 bits per heavy atom. The third-order valence-corrected chi connectivity index (χ3v) is 3.03. The number of aromatic nitrogens is 4. The van der Waals surface area contributed by atoms with Crippen molar-refractivity contribution in [3.05, 3.63) is 39.2 Å². The molecule has 0 aromatic carbocycles. The van der Waals surface area contributed by atoms with Crippen molar-refractivity contribution in [3.63, 3.8) is 0 Å². The van der Waals surface area contributed by atoms with Crippen LogP contribution in [0.25, 0.3) is 0 Å². The van der Waals surface area contributed by atoms with Crippen molar-refractivity contribution < 1.29 is 14.1 Å². The Hall–Kier alpha value is -3.11. The smallest absolute Gasteiger partial charge is 0.265 e. The van der Waals surface area contributed by atoms with Gasteiger partial charge in [0.15, 0.2) is 0 Å². The summed E-state index contributed by atoms with van der Waals surface area (Å²) in [5, 5.41) is 22.2. The van der Waals surface area contributed by atoms with Crippen molar-refractivity contribution in [1.82, 2.24) is 25.0 Å². The van der Waals surface area contributed by atoms with Crippen molar-refractivity contribution in [1.29, 1.82) is 0 Å². The van der Waals surface area contributed by atoms with Gasteiger partial charge in [-0.2, -0.15) is 19.7 Å². The quantitative estimate of drug-likeness (QED) is 0.494. The molecule has 23 heavy (non-hydrogen) atoms. The minimum atomic E-state index is -0.859. The Labute approximate surface area is 129 Å². The molecule has 0 unspecified atom stereocenters. The van der Waals surface area contributed by atoms with Gasteiger partial charge in [-0.3, -0.25) is 19.6 Å². The number of hydrogen-bond donors (Lipinski definition) is 1. The van der Waals surface area contributed by atoms with Gasteiger partial charge in [-0.05, 0) is 13.8 Å². The SMILES string of the molecule is CCn1cc([N+](=O)[O-])c(C(=O)N/N=C\c2c(C)nn(C)c2F)n1. The van der Waals surface area contributed by atoms with Gasteiger partial charge in [-0.25, -0.2) is 10.1 Å². The van der Waals surface area contributed by atoms with Crippen molar-refractivity contribution in [2.75, 3.05) is 0 Å². The number of nitrogens with zero attached hydrogens (tertiary/aromatic N) is 6. The molecule has 11 heteroatoms. The Bertz CT molecular complexity index is 793. The van der Waals surface area contributed by atoms with Gasteiger partial charge in [0.25, 0.3) is 5.91 Å². The van der Waals surface area contributed by atoms with Crippen LogP contribution < -0.4 is 5.43 Å². The topological polar surface area (TPSA) is 120 Å². The molecule has 0 atom stereocenters. The molecular formula is C12H14FN7O3. The van der Waals surface area contributed by atoms with Gasteiger partial charge in [-0.15, -0.1) is 0 Å². The average molecular weight is 323 g/mol. The van der Waals surface area contributed by atoms with Gasteiger partial charge in [-0.1, -0.05) is 0 Å². The minimum Gasteiger partial charge on any atom is -0.265 e. The summed E-state index contributed by atoms with van der Waals surface area (Å²) in [5.41, 5.74) is 1.80. The molecule has 2 rings (SSSR count). The maximum absolute atomic E-state index is 13.7. The highest BCUT2D eigenvalue weighted by atomic mass is 19.1. The summed E-state index contributed by atoms with van der Waals surface area (Å²) in [5.74, 6) is -1.47. The number of halogens is 1. The first kappa shape index (κ1) is 16.3. The van der Waals surface area contributed by atoms with Crippen molar-refractivity contribution in [3.8, 4) is 0 Å². The second-order valence-electron chi connectivity index (χ2n) is 4.59.